The minimum absolute atomic E-state index is 0.468. The Labute approximate surface area is 141 Å². The Bertz CT molecular complexity index is 729. The Kier molecular flexibility index (Phi) is 4.28. The smallest absolute Gasteiger partial charge is 0.398 e. The van der Waals surface area contributed by atoms with Crippen molar-refractivity contribution in [3.05, 3.63) is 54.1 Å². The van der Waals surface area contributed by atoms with Gasteiger partial charge in [0, 0.05) is 24.2 Å². The van der Waals surface area contributed by atoms with Crippen molar-refractivity contribution in [3.8, 4) is 11.3 Å². The highest BCUT2D eigenvalue weighted by Crippen LogP contribution is 2.39. The topological polar surface area (TPSA) is 44.2 Å². The van der Waals surface area contributed by atoms with Gasteiger partial charge in [-0.25, -0.2) is 4.39 Å². The lowest BCUT2D eigenvalue weighted by molar-refractivity contribution is 0.00578. The minimum atomic E-state index is -0.993. The molecular weight excluding hydrogens is 306 g/mol. The van der Waals surface area contributed by atoms with Gasteiger partial charge in [0.1, 0.15) is 5.73 Å². The Morgan fingerprint density at radius 1 is 1.08 bits per heavy atom. The van der Waals surface area contributed by atoms with Gasteiger partial charge in [0.25, 0.3) is 0 Å². The van der Waals surface area contributed by atoms with Crippen LogP contribution in [0.2, 0.25) is 0 Å². The minimum Gasteiger partial charge on any atom is -0.398 e. The summed E-state index contributed by atoms with van der Waals surface area (Å²) >= 11 is 0. The maximum atomic E-state index is 14.5. The van der Waals surface area contributed by atoms with Gasteiger partial charge in [-0.2, -0.15) is 0 Å². The molecule has 6 heteroatoms. The van der Waals surface area contributed by atoms with Crippen LogP contribution in [0.1, 0.15) is 33.3 Å². The first-order chi connectivity index (χ1) is 11.3. The van der Waals surface area contributed by atoms with Crippen LogP contribution < -0.4 is 0 Å². The molecule has 2 aromatic heterocycles. The number of nitrogens with zero attached hydrogens (tertiary/aromatic N) is 2. The molecule has 0 bridgehead atoms. The van der Waals surface area contributed by atoms with E-state index >= 15 is 0 Å². The summed E-state index contributed by atoms with van der Waals surface area (Å²) in [6.45, 7) is 7.57. The second-order valence-corrected chi connectivity index (χ2v) is 6.84. The normalized spacial score (nSPS) is 19.5. The van der Waals surface area contributed by atoms with E-state index in [2.05, 4.69) is 9.97 Å². The van der Waals surface area contributed by atoms with Crippen molar-refractivity contribution in [2.24, 2.45) is 0 Å². The van der Waals surface area contributed by atoms with Gasteiger partial charge < -0.3 is 9.31 Å². The lowest BCUT2D eigenvalue weighted by Crippen LogP contribution is -2.41. The monoisotopic (exact) mass is 326 g/mol. The third-order valence-corrected chi connectivity index (χ3v) is 4.53. The predicted molar refractivity (Wildman–Crippen MR) is 92.6 cm³/mol. The van der Waals surface area contributed by atoms with Crippen LogP contribution in [0.15, 0.2) is 48.6 Å². The lowest BCUT2D eigenvalue weighted by atomic mass is 9.87. The number of halogens is 1. The first-order valence-electron chi connectivity index (χ1n) is 7.88. The van der Waals surface area contributed by atoms with Gasteiger partial charge in [-0.05, 0) is 57.5 Å². The molecule has 1 fully saturated rings. The van der Waals surface area contributed by atoms with E-state index in [1.165, 1.54) is 6.08 Å². The average molecular weight is 326 g/mol. The first-order valence-corrected chi connectivity index (χ1v) is 7.88. The molecule has 4 nitrogen and oxygen atoms in total. The molecule has 2 aromatic rings. The zero-order valence-electron chi connectivity index (χ0n) is 14.3. The third-order valence-electron chi connectivity index (χ3n) is 4.53. The summed E-state index contributed by atoms with van der Waals surface area (Å²) < 4.78 is 25.9. The maximum absolute atomic E-state index is 14.5. The fourth-order valence-corrected chi connectivity index (χ4v) is 2.36. The molecule has 1 saturated heterocycles. The van der Waals surface area contributed by atoms with Gasteiger partial charge in [-0.3, -0.25) is 9.97 Å². The van der Waals surface area contributed by atoms with Crippen LogP contribution in [0.4, 0.5) is 4.39 Å². The fourth-order valence-electron chi connectivity index (χ4n) is 2.36. The molecule has 0 spiro atoms. The molecule has 0 unspecified atom stereocenters. The van der Waals surface area contributed by atoms with Crippen molar-refractivity contribution in [1.82, 2.24) is 9.97 Å². The highest BCUT2D eigenvalue weighted by molar-refractivity contribution is 6.54. The molecule has 0 N–H and O–H groups in total. The summed E-state index contributed by atoms with van der Waals surface area (Å²) in [6, 6.07) is 7.42. The molecule has 0 aliphatic carbocycles. The van der Waals surface area contributed by atoms with Crippen LogP contribution in [0.25, 0.3) is 17.3 Å². The summed E-state index contributed by atoms with van der Waals surface area (Å²) in [5, 5.41) is 0. The highest BCUT2D eigenvalue weighted by Gasteiger charge is 2.53. The maximum Gasteiger partial charge on any atom is 0.525 e. The number of hydrogen-bond acceptors (Lipinski definition) is 4. The summed E-state index contributed by atoms with van der Waals surface area (Å²) in [6.07, 6.45) is 6.46. The second kappa shape index (κ2) is 6.11. The van der Waals surface area contributed by atoms with E-state index in [0.29, 0.717) is 5.56 Å². The van der Waals surface area contributed by atoms with Crippen LogP contribution in [-0.2, 0) is 9.31 Å². The number of pyridine rings is 2. The molecule has 1 aliphatic heterocycles. The van der Waals surface area contributed by atoms with Crippen LogP contribution >= 0.6 is 0 Å². The fraction of sp³-hybridized carbons (Fsp3) is 0.333. The Morgan fingerprint density at radius 2 is 1.79 bits per heavy atom. The quantitative estimate of drug-likeness (QED) is 0.797. The summed E-state index contributed by atoms with van der Waals surface area (Å²) in [5.74, 6) is 0. The predicted octanol–water partition coefficient (Wildman–Crippen LogP) is 4.09. The van der Waals surface area contributed by atoms with Crippen molar-refractivity contribution in [3.63, 3.8) is 0 Å². The third kappa shape index (κ3) is 3.25. The van der Waals surface area contributed by atoms with Crippen molar-refractivity contribution in [1.29, 1.82) is 0 Å². The van der Waals surface area contributed by atoms with Crippen molar-refractivity contribution in [2.75, 3.05) is 0 Å². The molecule has 1 aliphatic rings. The molecule has 0 radical (unpaired) electrons. The number of hydrogen-bond donors (Lipinski definition) is 0. The van der Waals surface area contributed by atoms with Gasteiger partial charge >= 0.3 is 7.12 Å². The van der Waals surface area contributed by atoms with E-state index in [-0.39, 0.29) is 0 Å². The Hall–Kier alpha value is -2.05. The molecule has 3 rings (SSSR count). The molecule has 3 heterocycles. The first kappa shape index (κ1) is 16.8. The second-order valence-electron chi connectivity index (χ2n) is 6.84. The summed E-state index contributed by atoms with van der Waals surface area (Å²) in [7, 11) is -0.993. The van der Waals surface area contributed by atoms with E-state index in [9.17, 15) is 4.39 Å². The van der Waals surface area contributed by atoms with Gasteiger partial charge in [0.05, 0.1) is 16.9 Å². The average Bonchev–Trinajstić information content (AvgIpc) is 2.77. The van der Waals surface area contributed by atoms with Gasteiger partial charge in [0.15, 0.2) is 0 Å². The van der Waals surface area contributed by atoms with Crippen LogP contribution in [-0.4, -0.2) is 28.3 Å². The van der Waals surface area contributed by atoms with Gasteiger partial charge in [-0.1, -0.05) is 6.07 Å². The Morgan fingerprint density at radius 3 is 2.33 bits per heavy atom. The summed E-state index contributed by atoms with van der Waals surface area (Å²) in [4.78, 5) is 8.42. The molecule has 0 amide bonds. The van der Waals surface area contributed by atoms with Crippen LogP contribution in [0, 0.1) is 0 Å². The zero-order valence-corrected chi connectivity index (χ0v) is 14.3. The van der Waals surface area contributed by atoms with E-state index < -0.39 is 24.0 Å². The Balaban J connectivity index is 1.77. The lowest BCUT2D eigenvalue weighted by Gasteiger charge is -2.32. The van der Waals surface area contributed by atoms with Crippen LogP contribution in [0.5, 0.6) is 0 Å². The van der Waals surface area contributed by atoms with Gasteiger partial charge in [0.2, 0.25) is 0 Å². The molecule has 0 saturated carbocycles. The van der Waals surface area contributed by atoms with Gasteiger partial charge in [-0.15, -0.1) is 0 Å². The standard InChI is InChI=1S/C18H20BFN2O2/c1-17(2)18(3,4)24-19(23-17)16(20)10-13-7-8-15(22-11-13)14-6-5-9-21-12-14/h5-12H,1-4H3. The molecule has 0 aromatic carbocycles. The summed E-state index contributed by atoms with van der Waals surface area (Å²) in [5.41, 5.74) is 0.756. The number of rotatable bonds is 3. The molecular formula is C18H20BFN2O2. The SMILES string of the molecule is CC1(C)OB(C(F)=Cc2ccc(-c3cccnc3)nc2)OC1(C)C. The van der Waals surface area contributed by atoms with E-state index in [0.717, 1.165) is 11.3 Å². The van der Waals surface area contributed by atoms with Crippen molar-refractivity contribution in [2.45, 2.75) is 38.9 Å². The van der Waals surface area contributed by atoms with E-state index in [1.54, 1.807) is 24.7 Å². The largest absolute Gasteiger partial charge is 0.525 e. The molecule has 0 atom stereocenters. The van der Waals surface area contributed by atoms with Crippen molar-refractivity contribution < 1.29 is 13.7 Å². The van der Waals surface area contributed by atoms with E-state index in [1.807, 2.05) is 45.9 Å². The zero-order chi connectivity index (χ0) is 17.4. The van der Waals surface area contributed by atoms with Crippen molar-refractivity contribution >= 4 is 13.2 Å². The van der Waals surface area contributed by atoms with E-state index in [4.69, 9.17) is 9.31 Å². The molecule has 24 heavy (non-hydrogen) atoms. The molecule has 124 valence electrons. The highest BCUT2D eigenvalue weighted by atomic mass is 19.1. The number of aromatic nitrogens is 2. The van der Waals surface area contributed by atoms with Crippen LogP contribution in [0.3, 0.4) is 0 Å².